The highest BCUT2D eigenvalue weighted by Crippen LogP contribution is 2.24. The van der Waals surface area contributed by atoms with Gasteiger partial charge in [-0.25, -0.2) is 0 Å². The lowest BCUT2D eigenvalue weighted by Gasteiger charge is -2.40. The highest BCUT2D eigenvalue weighted by Gasteiger charge is 2.44. The molecule has 0 spiro atoms. The van der Waals surface area contributed by atoms with Crippen molar-refractivity contribution in [3.63, 3.8) is 0 Å². The zero-order chi connectivity index (χ0) is 71.5. The topological polar surface area (TPSA) is 175 Å². The predicted molar refractivity (Wildman–Crippen MR) is 421 cm³/mol. The van der Waals surface area contributed by atoms with Crippen molar-refractivity contribution >= 4 is 11.9 Å². The van der Waals surface area contributed by atoms with E-state index in [1.165, 1.54) is 360 Å². The van der Waals surface area contributed by atoms with Crippen molar-refractivity contribution < 1.29 is 49.3 Å². The summed E-state index contributed by atoms with van der Waals surface area (Å²) in [5.74, 6) is -0.160. The number of rotatable bonds is 79. The Balaban J connectivity index is 1.85. The van der Waals surface area contributed by atoms with E-state index >= 15 is 0 Å². The van der Waals surface area contributed by atoms with Crippen molar-refractivity contribution in [2.75, 3.05) is 19.8 Å². The van der Waals surface area contributed by atoms with Gasteiger partial charge in [0.05, 0.1) is 32.0 Å². The molecule has 1 heterocycles. The quantitative estimate of drug-likeness (QED) is 0.0195. The van der Waals surface area contributed by atoms with E-state index in [4.69, 9.17) is 14.2 Å². The van der Waals surface area contributed by atoms with Crippen LogP contribution in [0.1, 0.15) is 450 Å². The van der Waals surface area contributed by atoms with Crippen LogP contribution in [0.3, 0.4) is 0 Å². The van der Waals surface area contributed by atoms with Crippen LogP contribution in [-0.4, -0.2) is 100 Å². The highest BCUT2D eigenvalue weighted by molar-refractivity contribution is 5.76. The Morgan fingerprint density at radius 1 is 0.374 bits per heavy atom. The molecule has 0 radical (unpaired) electrons. The SMILES string of the molecule is CCCCCC/C=C\C/C=C\CCCCCCCCCC(=O)OCCCCCCCCCCCCCCCCCCCCCCCCCCCCCCCCCCCCCCCCCC(=O)NC(COC1OC(CO)C(O)C(O)C1O)C(O)/C=C/CCCCCCCCCCCCCC. The van der Waals surface area contributed by atoms with Gasteiger partial charge in [0, 0.05) is 12.8 Å². The number of carbonyl (C=O) groups excluding carboxylic acids is 2. The van der Waals surface area contributed by atoms with Crippen molar-refractivity contribution in [2.45, 2.75) is 493 Å². The van der Waals surface area contributed by atoms with Gasteiger partial charge in [0.15, 0.2) is 6.29 Å². The maximum absolute atomic E-state index is 13.1. The molecule has 0 aliphatic carbocycles. The average Bonchev–Trinajstić information content (AvgIpc) is 0.826. The first kappa shape index (κ1) is 94.9. The van der Waals surface area contributed by atoms with Gasteiger partial charge in [0.1, 0.15) is 24.4 Å². The molecule has 0 aromatic rings. The van der Waals surface area contributed by atoms with Gasteiger partial charge in [-0.1, -0.05) is 410 Å². The smallest absolute Gasteiger partial charge is 0.305 e. The normalized spacial score (nSPS) is 17.3. The highest BCUT2D eigenvalue weighted by atomic mass is 16.7. The van der Waals surface area contributed by atoms with Gasteiger partial charge in [-0.2, -0.15) is 0 Å². The molecular weight excluding hydrogens is 1230 g/mol. The zero-order valence-corrected chi connectivity index (χ0v) is 65.5. The van der Waals surface area contributed by atoms with Crippen LogP contribution < -0.4 is 5.32 Å². The molecule has 11 heteroatoms. The lowest BCUT2D eigenvalue weighted by atomic mass is 9.99. The molecule has 6 N–H and O–H groups in total. The number of ether oxygens (including phenoxy) is 3. The molecule has 584 valence electrons. The Morgan fingerprint density at radius 3 is 1.03 bits per heavy atom. The maximum atomic E-state index is 13.1. The summed E-state index contributed by atoms with van der Waals surface area (Å²) >= 11 is 0. The number of unbranched alkanes of at least 4 members (excludes halogenated alkanes) is 61. The second-order valence-electron chi connectivity index (χ2n) is 30.6. The molecule has 1 saturated heterocycles. The molecule has 1 aliphatic rings. The molecular formula is C88H167NO10. The molecule has 7 atom stereocenters. The zero-order valence-electron chi connectivity index (χ0n) is 65.5. The molecule has 7 unspecified atom stereocenters. The monoisotopic (exact) mass is 1400 g/mol. The number of nitrogens with one attached hydrogen (secondary N) is 1. The molecule has 0 saturated carbocycles. The molecule has 1 amide bonds. The summed E-state index contributed by atoms with van der Waals surface area (Å²) in [5, 5.41) is 54.7. The number of aliphatic hydroxyl groups excluding tert-OH is 5. The van der Waals surface area contributed by atoms with Gasteiger partial charge in [0.25, 0.3) is 0 Å². The number of carbonyl (C=O) groups is 2. The van der Waals surface area contributed by atoms with E-state index < -0.39 is 49.5 Å². The van der Waals surface area contributed by atoms with Crippen LogP contribution in [0.2, 0.25) is 0 Å². The fourth-order valence-corrected chi connectivity index (χ4v) is 14.2. The summed E-state index contributed by atoms with van der Waals surface area (Å²) < 4.78 is 16.8. The van der Waals surface area contributed by atoms with Crippen molar-refractivity contribution in [1.29, 1.82) is 0 Å². The molecule has 1 fully saturated rings. The van der Waals surface area contributed by atoms with Gasteiger partial charge in [-0.3, -0.25) is 9.59 Å². The van der Waals surface area contributed by atoms with Crippen molar-refractivity contribution in [1.82, 2.24) is 5.32 Å². The molecule has 0 bridgehead atoms. The van der Waals surface area contributed by atoms with Crippen LogP contribution >= 0.6 is 0 Å². The molecule has 1 rings (SSSR count). The minimum absolute atomic E-state index is 0.0118. The van der Waals surface area contributed by atoms with Crippen LogP contribution in [0.4, 0.5) is 0 Å². The first-order valence-corrected chi connectivity index (χ1v) is 43.8. The third kappa shape index (κ3) is 65.2. The summed E-state index contributed by atoms with van der Waals surface area (Å²) in [4.78, 5) is 25.2. The first-order valence-electron chi connectivity index (χ1n) is 43.8. The van der Waals surface area contributed by atoms with E-state index in [-0.39, 0.29) is 18.5 Å². The fourth-order valence-electron chi connectivity index (χ4n) is 14.2. The number of amides is 1. The number of esters is 1. The number of hydrogen-bond donors (Lipinski definition) is 6. The first-order chi connectivity index (χ1) is 48.7. The third-order valence-electron chi connectivity index (χ3n) is 21.0. The van der Waals surface area contributed by atoms with E-state index in [2.05, 4.69) is 43.5 Å². The summed E-state index contributed by atoms with van der Waals surface area (Å²) in [7, 11) is 0. The molecule has 0 aromatic carbocycles. The standard InChI is InChI=1S/C88H167NO10/c1-3-5-7-9-11-13-15-17-19-20-45-48-52-56-60-64-68-72-76-84(93)97-77-73-69-65-61-57-53-49-46-43-41-39-37-35-33-31-29-27-25-23-21-22-24-26-28-30-32-34-36-38-40-42-44-47-51-55-59-63-67-71-75-83(92)89-80(79-98-88-87(96)86(95)85(94)82(78-90)99-88)81(91)74-70-66-62-58-54-50-18-16-14-12-10-8-6-4-2/h13,15,19-20,70,74,80-82,85-88,90-91,94-96H,3-12,14,16-18,21-69,71-73,75-79H2,1-2H3,(H,89,92)/b15-13-,20-19-,74-70+. The Bertz CT molecular complexity index is 1740. The van der Waals surface area contributed by atoms with Gasteiger partial charge in [-0.15, -0.1) is 0 Å². The van der Waals surface area contributed by atoms with Crippen molar-refractivity contribution in [3.05, 3.63) is 36.5 Å². The van der Waals surface area contributed by atoms with Crippen molar-refractivity contribution in [2.24, 2.45) is 0 Å². The van der Waals surface area contributed by atoms with E-state index in [9.17, 15) is 35.1 Å². The van der Waals surface area contributed by atoms with E-state index in [0.717, 1.165) is 64.2 Å². The van der Waals surface area contributed by atoms with Crippen LogP contribution in [-0.2, 0) is 23.8 Å². The van der Waals surface area contributed by atoms with Gasteiger partial charge in [0.2, 0.25) is 5.91 Å². The Morgan fingerprint density at radius 2 is 0.677 bits per heavy atom. The molecule has 0 aromatic heterocycles. The minimum Gasteiger partial charge on any atom is -0.466 e. The van der Waals surface area contributed by atoms with E-state index in [1.807, 2.05) is 6.08 Å². The van der Waals surface area contributed by atoms with Crippen LogP contribution in [0, 0.1) is 0 Å². The Hall–Kier alpha value is -2.12. The van der Waals surface area contributed by atoms with E-state index in [0.29, 0.717) is 19.4 Å². The lowest BCUT2D eigenvalue weighted by molar-refractivity contribution is -0.302. The van der Waals surface area contributed by atoms with Gasteiger partial charge < -0.3 is 45.1 Å². The summed E-state index contributed by atoms with van der Waals surface area (Å²) in [5.41, 5.74) is 0. The second-order valence-corrected chi connectivity index (χ2v) is 30.6. The number of allylic oxidation sites excluding steroid dienone is 5. The average molecular weight is 1400 g/mol. The van der Waals surface area contributed by atoms with Gasteiger partial charge in [-0.05, 0) is 64.2 Å². The Labute approximate surface area is 613 Å². The molecule has 99 heavy (non-hydrogen) atoms. The van der Waals surface area contributed by atoms with Crippen molar-refractivity contribution in [3.8, 4) is 0 Å². The summed E-state index contributed by atoms with van der Waals surface area (Å²) in [6.45, 7) is 4.39. The fraction of sp³-hybridized carbons (Fsp3) is 0.909. The minimum atomic E-state index is -1.57. The third-order valence-corrected chi connectivity index (χ3v) is 21.0. The second kappa shape index (κ2) is 77.0. The maximum Gasteiger partial charge on any atom is 0.305 e. The summed E-state index contributed by atoms with van der Waals surface area (Å²) in [6, 6.07) is -0.806. The lowest BCUT2D eigenvalue weighted by Crippen LogP contribution is -2.60. The largest absolute Gasteiger partial charge is 0.466 e. The number of hydrogen-bond acceptors (Lipinski definition) is 10. The van der Waals surface area contributed by atoms with E-state index in [1.54, 1.807) is 6.08 Å². The van der Waals surface area contributed by atoms with Crippen LogP contribution in [0.5, 0.6) is 0 Å². The van der Waals surface area contributed by atoms with Gasteiger partial charge >= 0.3 is 5.97 Å². The summed E-state index contributed by atoms with van der Waals surface area (Å²) in [6.07, 6.45) is 92.0. The van der Waals surface area contributed by atoms with Crippen LogP contribution in [0.25, 0.3) is 0 Å². The Kier molecular flexibility index (Phi) is 73.8. The molecule has 1 aliphatic heterocycles. The predicted octanol–water partition coefficient (Wildman–Crippen LogP) is 24.4. The molecule has 11 nitrogen and oxygen atoms in total. The van der Waals surface area contributed by atoms with Crippen LogP contribution in [0.15, 0.2) is 36.5 Å². The number of aliphatic hydroxyl groups is 5.